The maximum atomic E-state index is 12.2. The molecule has 6 heteroatoms. The van der Waals surface area contributed by atoms with Crippen molar-refractivity contribution in [1.29, 1.82) is 5.26 Å². The summed E-state index contributed by atoms with van der Waals surface area (Å²) < 4.78 is 26.8. The second-order valence-electron chi connectivity index (χ2n) is 4.41. The molecule has 2 rings (SSSR count). The molecule has 0 heterocycles. The summed E-state index contributed by atoms with van der Waals surface area (Å²) in [5.41, 5.74) is 2.09. The Bertz CT molecular complexity index is 762. The second kappa shape index (κ2) is 6.39. The van der Waals surface area contributed by atoms with Crippen LogP contribution in [-0.4, -0.2) is 15.5 Å². The van der Waals surface area contributed by atoms with Crippen LogP contribution in [0.5, 0.6) is 0 Å². The summed E-state index contributed by atoms with van der Waals surface area (Å²) in [6.45, 7) is 0.144. The van der Waals surface area contributed by atoms with Gasteiger partial charge in [-0.05, 0) is 42.0 Å². The van der Waals surface area contributed by atoms with Crippen molar-refractivity contribution in [2.45, 2.75) is 11.4 Å². The molecule has 2 aromatic carbocycles. The van der Waals surface area contributed by atoms with Crippen LogP contribution in [0.15, 0.2) is 53.4 Å². The summed E-state index contributed by atoms with van der Waals surface area (Å²) in [7, 11) is -1.80. The van der Waals surface area contributed by atoms with Crippen LogP contribution in [0.25, 0.3) is 0 Å². The molecule has 0 aromatic heterocycles. The van der Waals surface area contributed by atoms with Crippen LogP contribution in [0.4, 0.5) is 5.69 Å². The summed E-state index contributed by atoms with van der Waals surface area (Å²) in [4.78, 5) is 0.206. The molecule has 0 saturated carbocycles. The molecular formula is C15H15N3O2S. The molecule has 21 heavy (non-hydrogen) atoms. The van der Waals surface area contributed by atoms with Gasteiger partial charge in [-0.1, -0.05) is 12.1 Å². The Labute approximate surface area is 124 Å². The van der Waals surface area contributed by atoms with E-state index in [1.165, 1.54) is 0 Å². The number of nitrogens with one attached hydrogen (secondary N) is 2. The molecule has 108 valence electrons. The fourth-order valence-electron chi connectivity index (χ4n) is 1.81. The number of nitrogens with zero attached hydrogens (tertiary/aromatic N) is 1. The van der Waals surface area contributed by atoms with E-state index < -0.39 is 10.0 Å². The predicted molar refractivity (Wildman–Crippen MR) is 81.2 cm³/mol. The summed E-state index contributed by atoms with van der Waals surface area (Å²) in [6.07, 6.45) is 0. The maximum absolute atomic E-state index is 12.2. The van der Waals surface area contributed by atoms with E-state index in [2.05, 4.69) is 10.0 Å². The molecule has 0 spiro atoms. The first-order valence-electron chi connectivity index (χ1n) is 6.32. The lowest BCUT2D eigenvalue weighted by Crippen LogP contribution is -2.23. The van der Waals surface area contributed by atoms with Gasteiger partial charge in [0, 0.05) is 19.3 Å². The van der Waals surface area contributed by atoms with Gasteiger partial charge in [-0.2, -0.15) is 5.26 Å². The van der Waals surface area contributed by atoms with Crippen molar-refractivity contribution >= 4 is 15.7 Å². The SMILES string of the molecule is CNc1ccc(S(=O)(=O)NCc2cccc(C#N)c2)cc1. The molecule has 0 bridgehead atoms. The third kappa shape index (κ3) is 3.81. The Morgan fingerprint density at radius 1 is 1.14 bits per heavy atom. The standard InChI is InChI=1S/C15H15N3O2S/c1-17-14-5-7-15(8-6-14)21(19,20)18-11-13-4-2-3-12(9-13)10-16/h2-9,17-18H,11H2,1H3. The average molecular weight is 301 g/mol. The molecule has 5 nitrogen and oxygen atoms in total. The molecule has 2 aromatic rings. The van der Waals surface area contributed by atoms with Crippen molar-refractivity contribution in [3.05, 3.63) is 59.7 Å². The van der Waals surface area contributed by atoms with Crippen LogP contribution in [0.1, 0.15) is 11.1 Å². The highest BCUT2D eigenvalue weighted by molar-refractivity contribution is 7.89. The Morgan fingerprint density at radius 3 is 2.48 bits per heavy atom. The molecule has 0 aliphatic heterocycles. The number of hydrogen-bond acceptors (Lipinski definition) is 4. The first kappa shape index (κ1) is 15.0. The molecule has 0 aliphatic carbocycles. The quantitative estimate of drug-likeness (QED) is 0.886. The van der Waals surface area contributed by atoms with Gasteiger partial charge in [0.1, 0.15) is 0 Å². The zero-order chi connectivity index (χ0) is 15.3. The Hall–Kier alpha value is -2.36. The number of benzene rings is 2. The topological polar surface area (TPSA) is 82.0 Å². The van der Waals surface area contributed by atoms with Crippen molar-refractivity contribution in [3.8, 4) is 6.07 Å². The number of rotatable bonds is 5. The highest BCUT2D eigenvalue weighted by atomic mass is 32.2. The molecule has 0 atom stereocenters. The van der Waals surface area contributed by atoms with E-state index in [1.807, 2.05) is 6.07 Å². The van der Waals surface area contributed by atoms with Crippen molar-refractivity contribution in [3.63, 3.8) is 0 Å². The van der Waals surface area contributed by atoms with Crippen molar-refractivity contribution in [2.24, 2.45) is 0 Å². The van der Waals surface area contributed by atoms with E-state index in [0.717, 1.165) is 11.3 Å². The molecular weight excluding hydrogens is 286 g/mol. The Morgan fingerprint density at radius 2 is 1.86 bits per heavy atom. The van der Waals surface area contributed by atoms with Gasteiger partial charge in [-0.3, -0.25) is 0 Å². The van der Waals surface area contributed by atoms with Gasteiger partial charge in [-0.25, -0.2) is 13.1 Å². The summed E-state index contributed by atoms with van der Waals surface area (Å²) in [6, 6.07) is 15.3. The van der Waals surface area contributed by atoms with Crippen LogP contribution in [0.2, 0.25) is 0 Å². The molecule has 0 aliphatic rings. The molecule has 0 saturated heterocycles. The van der Waals surface area contributed by atoms with Crippen LogP contribution in [-0.2, 0) is 16.6 Å². The van der Waals surface area contributed by atoms with Crippen LogP contribution < -0.4 is 10.0 Å². The van der Waals surface area contributed by atoms with Crippen LogP contribution in [0, 0.1) is 11.3 Å². The first-order chi connectivity index (χ1) is 10.0. The molecule has 2 N–H and O–H groups in total. The largest absolute Gasteiger partial charge is 0.388 e. The smallest absolute Gasteiger partial charge is 0.240 e. The zero-order valence-corrected chi connectivity index (χ0v) is 12.3. The van der Waals surface area contributed by atoms with Crippen LogP contribution in [0.3, 0.4) is 0 Å². The number of sulfonamides is 1. The lowest BCUT2D eigenvalue weighted by molar-refractivity contribution is 0.581. The third-order valence-electron chi connectivity index (χ3n) is 2.98. The third-order valence-corrected chi connectivity index (χ3v) is 4.39. The van der Waals surface area contributed by atoms with Crippen molar-refractivity contribution in [1.82, 2.24) is 4.72 Å². The van der Waals surface area contributed by atoms with Crippen molar-refractivity contribution in [2.75, 3.05) is 12.4 Å². The van der Waals surface area contributed by atoms with E-state index in [9.17, 15) is 8.42 Å². The summed E-state index contributed by atoms with van der Waals surface area (Å²) in [5, 5.41) is 11.8. The lowest BCUT2D eigenvalue weighted by Gasteiger charge is -2.08. The van der Waals surface area contributed by atoms with E-state index in [1.54, 1.807) is 55.6 Å². The van der Waals surface area contributed by atoms with E-state index >= 15 is 0 Å². The number of nitriles is 1. The van der Waals surface area contributed by atoms with Gasteiger partial charge in [0.25, 0.3) is 0 Å². The second-order valence-corrected chi connectivity index (χ2v) is 6.18. The monoisotopic (exact) mass is 301 g/mol. The maximum Gasteiger partial charge on any atom is 0.240 e. The van der Waals surface area contributed by atoms with Gasteiger partial charge in [0.2, 0.25) is 10.0 Å². The predicted octanol–water partition coefficient (Wildman–Crippen LogP) is 2.08. The number of hydrogen-bond donors (Lipinski definition) is 2. The molecule has 0 radical (unpaired) electrons. The minimum absolute atomic E-state index is 0.144. The normalized spacial score (nSPS) is 10.9. The van der Waals surface area contributed by atoms with E-state index in [0.29, 0.717) is 5.56 Å². The molecule has 0 amide bonds. The van der Waals surface area contributed by atoms with Gasteiger partial charge in [0.15, 0.2) is 0 Å². The molecule has 0 unspecified atom stereocenters. The minimum Gasteiger partial charge on any atom is -0.388 e. The van der Waals surface area contributed by atoms with Gasteiger partial charge in [-0.15, -0.1) is 0 Å². The lowest BCUT2D eigenvalue weighted by atomic mass is 10.1. The highest BCUT2D eigenvalue weighted by Crippen LogP contribution is 2.14. The highest BCUT2D eigenvalue weighted by Gasteiger charge is 2.13. The Kier molecular flexibility index (Phi) is 4.58. The van der Waals surface area contributed by atoms with Crippen LogP contribution >= 0.6 is 0 Å². The van der Waals surface area contributed by atoms with Crippen molar-refractivity contribution < 1.29 is 8.42 Å². The molecule has 0 fully saturated rings. The van der Waals surface area contributed by atoms with Gasteiger partial charge in [0.05, 0.1) is 16.5 Å². The Balaban J connectivity index is 2.11. The average Bonchev–Trinajstić information content (AvgIpc) is 2.53. The zero-order valence-electron chi connectivity index (χ0n) is 11.5. The summed E-state index contributed by atoms with van der Waals surface area (Å²) >= 11 is 0. The number of anilines is 1. The minimum atomic E-state index is -3.56. The fraction of sp³-hybridized carbons (Fsp3) is 0.133. The van der Waals surface area contributed by atoms with E-state index in [4.69, 9.17) is 5.26 Å². The first-order valence-corrected chi connectivity index (χ1v) is 7.80. The summed E-state index contributed by atoms with van der Waals surface area (Å²) in [5.74, 6) is 0. The fourth-order valence-corrected chi connectivity index (χ4v) is 2.83. The van der Waals surface area contributed by atoms with E-state index in [-0.39, 0.29) is 11.4 Å². The van der Waals surface area contributed by atoms with Gasteiger partial charge < -0.3 is 5.32 Å². The van der Waals surface area contributed by atoms with Gasteiger partial charge >= 0.3 is 0 Å².